The van der Waals surface area contributed by atoms with Crippen molar-refractivity contribution in [1.29, 1.82) is 0 Å². The molecule has 1 aliphatic heterocycles. The van der Waals surface area contributed by atoms with Gasteiger partial charge >= 0.3 is 0 Å². The lowest BCUT2D eigenvalue weighted by molar-refractivity contribution is -0.384. The van der Waals surface area contributed by atoms with E-state index in [1.807, 2.05) is 23.1 Å². The number of non-ortho nitro benzene ring substituents is 1. The van der Waals surface area contributed by atoms with Crippen LogP contribution in [0.4, 0.5) is 11.4 Å². The average molecular weight is 352 g/mol. The molecule has 0 atom stereocenters. The molecule has 134 valence electrons. The van der Waals surface area contributed by atoms with Crippen molar-refractivity contribution in [3.8, 4) is 0 Å². The standard InChI is InChI=1S/C19H20N4O3/c1-14(16-7-4-9-17(12-16)23(25)26)20-21-19(24)13-22-11-5-8-15-6-2-3-10-18(15)22/h2-4,6-7,9-10,12H,5,8,11,13H2,1H3,(H,21,24)/b20-14-. The third kappa shape index (κ3) is 4.05. The smallest absolute Gasteiger partial charge is 0.270 e. The number of nitro groups is 1. The molecule has 3 rings (SSSR count). The van der Waals surface area contributed by atoms with E-state index in [2.05, 4.69) is 16.6 Å². The van der Waals surface area contributed by atoms with E-state index in [1.54, 1.807) is 19.1 Å². The van der Waals surface area contributed by atoms with Crippen LogP contribution in [0.25, 0.3) is 0 Å². The second kappa shape index (κ2) is 7.77. The highest BCUT2D eigenvalue weighted by molar-refractivity contribution is 5.99. The van der Waals surface area contributed by atoms with Crippen LogP contribution >= 0.6 is 0 Å². The molecule has 2 aromatic rings. The number of carbonyl (C=O) groups is 1. The lowest BCUT2D eigenvalue weighted by Crippen LogP contribution is -2.38. The molecule has 0 radical (unpaired) electrons. The number of hydrogen-bond acceptors (Lipinski definition) is 5. The largest absolute Gasteiger partial charge is 0.362 e. The van der Waals surface area contributed by atoms with Crippen LogP contribution in [0.1, 0.15) is 24.5 Å². The zero-order chi connectivity index (χ0) is 18.5. The zero-order valence-electron chi connectivity index (χ0n) is 14.5. The Morgan fingerprint density at radius 2 is 2.08 bits per heavy atom. The molecule has 0 saturated heterocycles. The molecule has 0 aliphatic carbocycles. The van der Waals surface area contributed by atoms with Crippen LogP contribution in [0, 0.1) is 10.1 Å². The molecule has 1 N–H and O–H groups in total. The van der Waals surface area contributed by atoms with Gasteiger partial charge in [-0.25, -0.2) is 5.43 Å². The van der Waals surface area contributed by atoms with Crippen LogP contribution in [-0.2, 0) is 11.2 Å². The molecule has 0 fully saturated rings. The van der Waals surface area contributed by atoms with E-state index < -0.39 is 4.92 Å². The van der Waals surface area contributed by atoms with Gasteiger partial charge in [-0.2, -0.15) is 5.10 Å². The van der Waals surface area contributed by atoms with Crippen molar-refractivity contribution in [2.45, 2.75) is 19.8 Å². The van der Waals surface area contributed by atoms with Gasteiger partial charge in [0.05, 0.1) is 17.2 Å². The molecule has 0 aromatic heterocycles. The van der Waals surface area contributed by atoms with Gasteiger partial charge in [0.25, 0.3) is 11.6 Å². The molecule has 1 heterocycles. The summed E-state index contributed by atoms with van der Waals surface area (Å²) < 4.78 is 0. The van der Waals surface area contributed by atoms with Crippen molar-refractivity contribution in [3.63, 3.8) is 0 Å². The predicted molar refractivity (Wildman–Crippen MR) is 100 cm³/mol. The first-order chi connectivity index (χ1) is 12.5. The van der Waals surface area contributed by atoms with Crippen molar-refractivity contribution in [2.75, 3.05) is 18.0 Å². The molecule has 1 amide bonds. The van der Waals surface area contributed by atoms with E-state index in [4.69, 9.17) is 0 Å². The Kier molecular flexibility index (Phi) is 5.26. The van der Waals surface area contributed by atoms with Crippen molar-refractivity contribution in [2.24, 2.45) is 5.10 Å². The summed E-state index contributed by atoms with van der Waals surface area (Å²) in [6.07, 6.45) is 2.04. The van der Waals surface area contributed by atoms with Crippen LogP contribution in [0.5, 0.6) is 0 Å². The van der Waals surface area contributed by atoms with Crippen molar-refractivity contribution >= 4 is 23.0 Å². The summed E-state index contributed by atoms with van der Waals surface area (Å²) >= 11 is 0. The predicted octanol–water partition coefficient (Wildman–Crippen LogP) is 2.89. The maximum absolute atomic E-state index is 12.3. The van der Waals surface area contributed by atoms with Gasteiger partial charge in [0.15, 0.2) is 0 Å². The Hall–Kier alpha value is -3.22. The topological polar surface area (TPSA) is 87.8 Å². The van der Waals surface area contributed by atoms with E-state index in [9.17, 15) is 14.9 Å². The summed E-state index contributed by atoms with van der Waals surface area (Å²) in [4.78, 5) is 24.7. The van der Waals surface area contributed by atoms with Gasteiger partial charge in [-0.3, -0.25) is 14.9 Å². The van der Waals surface area contributed by atoms with Gasteiger partial charge in [-0.1, -0.05) is 30.3 Å². The SMILES string of the molecule is C/C(=N/NC(=O)CN1CCCc2ccccc21)c1cccc([N+](=O)[O-])c1. The number of amides is 1. The van der Waals surface area contributed by atoms with Crippen LogP contribution in [0.3, 0.4) is 0 Å². The third-order valence-corrected chi connectivity index (χ3v) is 4.36. The van der Waals surface area contributed by atoms with Gasteiger partial charge in [0.2, 0.25) is 0 Å². The number of para-hydroxylation sites is 1. The Morgan fingerprint density at radius 1 is 1.27 bits per heavy atom. The van der Waals surface area contributed by atoms with Crippen LogP contribution in [0.15, 0.2) is 53.6 Å². The molecule has 0 saturated carbocycles. The zero-order valence-corrected chi connectivity index (χ0v) is 14.5. The van der Waals surface area contributed by atoms with Crippen LogP contribution in [0.2, 0.25) is 0 Å². The van der Waals surface area contributed by atoms with Gasteiger partial charge in [0.1, 0.15) is 0 Å². The van der Waals surface area contributed by atoms with Crippen molar-refractivity contribution < 1.29 is 9.72 Å². The van der Waals surface area contributed by atoms with E-state index in [0.717, 1.165) is 25.1 Å². The first-order valence-corrected chi connectivity index (χ1v) is 8.45. The summed E-state index contributed by atoms with van der Waals surface area (Å²) in [5.41, 5.74) is 6.00. The van der Waals surface area contributed by atoms with E-state index in [0.29, 0.717) is 11.3 Å². The highest BCUT2D eigenvalue weighted by atomic mass is 16.6. The Morgan fingerprint density at radius 3 is 2.88 bits per heavy atom. The first-order valence-electron chi connectivity index (χ1n) is 8.45. The van der Waals surface area contributed by atoms with Gasteiger partial charge in [-0.05, 0) is 31.4 Å². The molecule has 2 aromatic carbocycles. The number of benzene rings is 2. The fraction of sp³-hybridized carbons (Fsp3) is 0.263. The molecule has 7 heteroatoms. The number of nitrogens with one attached hydrogen (secondary N) is 1. The number of carbonyl (C=O) groups excluding carboxylic acids is 1. The number of hydrazone groups is 1. The molecule has 0 spiro atoms. The van der Waals surface area contributed by atoms with Gasteiger partial charge < -0.3 is 4.90 Å². The number of nitrogens with zero attached hydrogens (tertiary/aromatic N) is 3. The monoisotopic (exact) mass is 352 g/mol. The van der Waals surface area contributed by atoms with E-state index in [1.165, 1.54) is 17.7 Å². The maximum Gasteiger partial charge on any atom is 0.270 e. The second-order valence-corrected chi connectivity index (χ2v) is 6.19. The van der Waals surface area contributed by atoms with E-state index >= 15 is 0 Å². The average Bonchev–Trinajstić information content (AvgIpc) is 2.66. The third-order valence-electron chi connectivity index (χ3n) is 4.36. The number of nitro benzene ring substituents is 1. The second-order valence-electron chi connectivity index (χ2n) is 6.19. The summed E-state index contributed by atoms with van der Waals surface area (Å²) in [6.45, 7) is 2.76. The molecule has 0 unspecified atom stereocenters. The summed E-state index contributed by atoms with van der Waals surface area (Å²) in [5, 5.41) is 14.9. The van der Waals surface area contributed by atoms with Gasteiger partial charge in [-0.15, -0.1) is 0 Å². The molecule has 26 heavy (non-hydrogen) atoms. The van der Waals surface area contributed by atoms with Crippen LogP contribution in [-0.4, -0.2) is 29.6 Å². The Balaban J connectivity index is 1.65. The minimum Gasteiger partial charge on any atom is -0.362 e. The molecular weight excluding hydrogens is 332 g/mol. The number of aryl methyl sites for hydroxylation is 1. The minimum atomic E-state index is -0.455. The van der Waals surface area contributed by atoms with Crippen molar-refractivity contribution in [1.82, 2.24) is 5.43 Å². The molecule has 0 bridgehead atoms. The highest BCUT2D eigenvalue weighted by Gasteiger charge is 2.18. The summed E-state index contributed by atoms with van der Waals surface area (Å²) in [5.74, 6) is -0.216. The molecule has 7 nitrogen and oxygen atoms in total. The number of hydrogen-bond donors (Lipinski definition) is 1. The summed E-state index contributed by atoms with van der Waals surface area (Å²) in [6, 6.07) is 14.3. The summed E-state index contributed by atoms with van der Waals surface area (Å²) in [7, 11) is 0. The Labute approximate surface area is 151 Å². The molecular formula is C19H20N4O3. The lowest BCUT2D eigenvalue weighted by Gasteiger charge is -2.30. The fourth-order valence-corrected chi connectivity index (χ4v) is 3.04. The molecule has 1 aliphatic rings. The lowest BCUT2D eigenvalue weighted by atomic mass is 10.0. The Bertz CT molecular complexity index is 863. The quantitative estimate of drug-likeness (QED) is 0.509. The number of fused-ring (bicyclic) bond motifs is 1. The normalized spacial score (nSPS) is 13.9. The fourth-order valence-electron chi connectivity index (χ4n) is 3.04. The van der Waals surface area contributed by atoms with E-state index in [-0.39, 0.29) is 18.1 Å². The van der Waals surface area contributed by atoms with Crippen molar-refractivity contribution in [3.05, 3.63) is 69.8 Å². The van der Waals surface area contributed by atoms with Gasteiger partial charge in [0, 0.05) is 29.9 Å². The highest BCUT2D eigenvalue weighted by Crippen LogP contribution is 2.26. The minimum absolute atomic E-state index is 0.00620. The number of anilines is 1. The first kappa shape index (κ1) is 17.6. The maximum atomic E-state index is 12.3. The van der Waals surface area contributed by atoms with Crippen LogP contribution < -0.4 is 10.3 Å². The number of rotatable bonds is 5.